The van der Waals surface area contributed by atoms with Gasteiger partial charge in [0, 0.05) is 23.8 Å². The fraction of sp³-hybridized carbons (Fsp3) is 0.167. The third-order valence-corrected chi connectivity index (χ3v) is 3.65. The molecule has 0 fully saturated rings. The number of hydrogen-bond donors (Lipinski definition) is 1. The van der Waals surface area contributed by atoms with E-state index in [1.165, 1.54) is 0 Å². The van der Waals surface area contributed by atoms with Crippen LogP contribution in [0.2, 0.25) is 0 Å². The normalized spacial score (nSPS) is 10.8. The van der Waals surface area contributed by atoms with Crippen molar-refractivity contribution in [2.45, 2.75) is 13.5 Å². The maximum atomic E-state index is 11.9. The molecule has 0 unspecified atom stereocenters. The highest BCUT2D eigenvalue weighted by Gasteiger charge is 2.13. The van der Waals surface area contributed by atoms with Crippen molar-refractivity contribution in [1.82, 2.24) is 4.57 Å². The molecule has 4 nitrogen and oxygen atoms in total. The van der Waals surface area contributed by atoms with E-state index in [1.807, 2.05) is 48.7 Å². The Hall–Kier alpha value is -2.59. The van der Waals surface area contributed by atoms with Gasteiger partial charge in [0.15, 0.2) is 0 Å². The molecule has 0 spiro atoms. The average Bonchev–Trinajstić information content (AvgIpc) is 2.94. The summed E-state index contributed by atoms with van der Waals surface area (Å²) in [6, 6.07) is 15.6. The van der Waals surface area contributed by atoms with Gasteiger partial charge in [-0.3, -0.25) is 0 Å². The van der Waals surface area contributed by atoms with Gasteiger partial charge in [-0.25, -0.2) is 4.79 Å². The number of benzene rings is 2. The molecular weight excluding hydrogens is 276 g/mol. The van der Waals surface area contributed by atoms with Gasteiger partial charge in [0.1, 0.15) is 0 Å². The summed E-state index contributed by atoms with van der Waals surface area (Å²) in [5, 5.41) is 0.983. The lowest BCUT2D eigenvalue weighted by atomic mass is 10.1. The number of hydrogen-bond acceptors (Lipinski definition) is 3. The number of para-hydroxylation sites is 1. The van der Waals surface area contributed by atoms with E-state index < -0.39 is 0 Å². The molecule has 0 aliphatic carbocycles. The van der Waals surface area contributed by atoms with Crippen molar-refractivity contribution >= 4 is 16.9 Å². The van der Waals surface area contributed by atoms with Crippen LogP contribution in [-0.4, -0.2) is 17.1 Å². The van der Waals surface area contributed by atoms with Crippen LogP contribution in [0.5, 0.6) is 0 Å². The highest BCUT2D eigenvalue weighted by molar-refractivity contribution is 5.96. The van der Waals surface area contributed by atoms with E-state index >= 15 is 0 Å². The van der Waals surface area contributed by atoms with Crippen LogP contribution in [0.1, 0.15) is 22.8 Å². The Kier molecular flexibility index (Phi) is 3.94. The lowest BCUT2D eigenvalue weighted by Crippen LogP contribution is -2.04. The van der Waals surface area contributed by atoms with Crippen molar-refractivity contribution in [1.29, 1.82) is 0 Å². The number of ether oxygens (including phenoxy) is 1. The molecule has 1 aromatic heterocycles. The Labute approximate surface area is 129 Å². The van der Waals surface area contributed by atoms with Crippen LogP contribution in [0.4, 0.5) is 0 Å². The van der Waals surface area contributed by atoms with Crippen LogP contribution < -0.4 is 5.73 Å². The zero-order valence-electron chi connectivity index (χ0n) is 12.5. The standard InChI is InChI=1S/C18H18N2O2/c1-2-22-18(21)13-8-9-17-16(10-13)14(11-19)12-20(17)15-6-4-3-5-7-15/h3-10,12H,2,11,19H2,1H3. The first kappa shape index (κ1) is 14.4. The molecule has 0 saturated carbocycles. The van der Waals surface area contributed by atoms with Crippen molar-refractivity contribution in [2.75, 3.05) is 6.61 Å². The largest absolute Gasteiger partial charge is 0.462 e. The van der Waals surface area contributed by atoms with Crippen LogP contribution in [-0.2, 0) is 11.3 Å². The predicted molar refractivity (Wildman–Crippen MR) is 87.1 cm³/mol. The minimum Gasteiger partial charge on any atom is -0.462 e. The van der Waals surface area contributed by atoms with Gasteiger partial charge in [0.2, 0.25) is 0 Å². The summed E-state index contributed by atoms with van der Waals surface area (Å²) in [6.45, 7) is 2.59. The number of nitrogens with two attached hydrogens (primary N) is 1. The first-order valence-corrected chi connectivity index (χ1v) is 7.31. The lowest BCUT2D eigenvalue weighted by molar-refractivity contribution is 0.0526. The molecule has 4 heteroatoms. The van der Waals surface area contributed by atoms with Gasteiger partial charge < -0.3 is 15.0 Å². The molecule has 0 saturated heterocycles. The fourth-order valence-corrected chi connectivity index (χ4v) is 2.60. The first-order valence-electron chi connectivity index (χ1n) is 7.31. The molecule has 2 aromatic carbocycles. The average molecular weight is 294 g/mol. The van der Waals surface area contributed by atoms with Crippen LogP contribution in [0, 0.1) is 0 Å². The van der Waals surface area contributed by atoms with Gasteiger partial charge in [-0.15, -0.1) is 0 Å². The maximum absolute atomic E-state index is 11.9. The van der Waals surface area contributed by atoms with Gasteiger partial charge >= 0.3 is 5.97 Å². The summed E-state index contributed by atoms with van der Waals surface area (Å²) in [6.07, 6.45) is 2.02. The highest BCUT2D eigenvalue weighted by Crippen LogP contribution is 2.26. The molecular formula is C18H18N2O2. The third kappa shape index (κ3) is 2.49. The Morgan fingerprint density at radius 2 is 1.95 bits per heavy atom. The summed E-state index contributed by atoms with van der Waals surface area (Å²) in [5.41, 5.74) is 9.51. The van der Waals surface area contributed by atoms with E-state index in [-0.39, 0.29) is 5.97 Å². The van der Waals surface area contributed by atoms with Crippen LogP contribution >= 0.6 is 0 Å². The van der Waals surface area contributed by atoms with Crippen LogP contribution in [0.25, 0.3) is 16.6 Å². The van der Waals surface area contributed by atoms with Crippen LogP contribution in [0.3, 0.4) is 0 Å². The van der Waals surface area contributed by atoms with Gasteiger partial charge in [0.25, 0.3) is 0 Å². The molecule has 112 valence electrons. The third-order valence-electron chi connectivity index (χ3n) is 3.65. The number of esters is 1. The molecule has 0 bridgehead atoms. The number of nitrogens with zero attached hydrogens (tertiary/aromatic N) is 1. The van der Waals surface area contributed by atoms with Crippen molar-refractivity contribution in [2.24, 2.45) is 5.73 Å². The number of carbonyl (C=O) groups excluding carboxylic acids is 1. The summed E-state index contributed by atoms with van der Waals surface area (Å²) < 4.78 is 7.15. The molecule has 22 heavy (non-hydrogen) atoms. The summed E-state index contributed by atoms with van der Waals surface area (Å²) >= 11 is 0. The lowest BCUT2D eigenvalue weighted by Gasteiger charge is -2.06. The zero-order valence-corrected chi connectivity index (χ0v) is 12.5. The molecule has 0 aliphatic heterocycles. The molecule has 2 N–H and O–H groups in total. The van der Waals surface area contributed by atoms with E-state index in [1.54, 1.807) is 13.0 Å². The number of carbonyl (C=O) groups is 1. The minimum atomic E-state index is -0.306. The number of fused-ring (bicyclic) bond motifs is 1. The number of rotatable bonds is 4. The first-order chi connectivity index (χ1) is 10.7. The zero-order chi connectivity index (χ0) is 15.5. The fourth-order valence-electron chi connectivity index (χ4n) is 2.60. The van der Waals surface area contributed by atoms with E-state index in [2.05, 4.69) is 4.57 Å². The summed E-state index contributed by atoms with van der Waals surface area (Å²) in [5.74, 6) is -0.306. The van der Waals surface area contributed by atoms with Gasteiger partial charge in [0.05, 0.1) is 17.7 Å². The highest BCUT2D eigenvalue weighted by atomic mass is 16.5. The molecule has 0 radical (unpaired) electrons. The second-order valence-corrected chi connectivity index (χ2v) is 5.02. The molecule has 0 amide bonds. The smallest absolute Gasteiger partial charge is 0.338 e. The monoisotopic (exact) mass is 294 g/mol. The van der Waals surface area contributed by atoms with E-state index in [0.717, 1.165) is 22.2 Å². The molecule has 1 heterocycles. The van der Waals surface area contributed by atoms with Crippen molar-refractivity contribution in [3.8, 4) is 5.69 Å². The summed E-state index contributed by atoms with van der Waals surface area (Å²) in [7, 11) is 0. The van der Waals surface area contributed by atoms with Crippen molar-refractivity contribution in [3.05, 3.63) is 65.9 Å². The quantitative estimate of drug-likeness (QED) is 0.751. The number of aromatic nitrogens is 1. The Bertz CT molecular complexity index is 807. The second-order valence-electron chi connectivity index (χ2n) is 5.02. The Balaban J connectivity index is 2.15. The Morgan fingerprint density at radius 3 is 2.64 bits per heavy atom. The van der Waals surface area contributed by atoms with Gasteiger partial charge in [-0.1, -0.05) is 18.2 Å². The molecule has 0 atom stereocenters. The maximum Gasteiger partial charge on any atom is 0.338 e. The molecule has 0 aliphatic rings. The predicted octanol–water partition coefficient (Wildman–Crippen LogP) is 3.27. The second kappa shape index (κ2) is 6.03. The van der Waals surface area contributed by atoms with Crippen LogP contribution in [0.15, 0.2) is 54.7 Å². The van der Waals surface area contributed by atoms with E-state index in [0.29, 0.717) is 18.7 Å². The van der Waals surface area contributed by atoms with Gasteiger partial charge in [-0.2, -0.15) is 0 Å². The molecule has 3 aromatic rings. The minimum absolute atomic E-state index is 0.306. The topological polar surface area (TPSA) is 57.2 Å². The Morgan fingerprint density at radius 1 is 1.18 bits per heavy atom. The summed E-state index contributed by atoms with van der Waals surface area (Å²) in [4.78, 5) is 11.9. The molecule has 3 rings (SSSR count). The van der Waals surface area contributed by atoms with Gasteiger partial charge in [-0.05, 0) is 42.8 Å². The van der Waals surface area contributed by atoms with Crippen molar-refractivity contribution in [3.63, 3.8) is 0 Å². The van der Waals surface area contributed by atoms with E-state index in [4.69, 9.17) is 10.5 Å². The van der Waals surface area contributed by atoms with Crippen molar-refractivity contribution < 1.29 is 9.53 Å². The van der Waals surface area contributed by atoms with E-state index in [9.17, 15) is 4.79 Å². The SMILES string of the molecule is CCOC(=O)c1ccc2c(c1)c(CN)cn2-c1ccccc1.